The van der Waals surface area contributed by atoms with Crippen molar-refractivity contribution in [2.24, 2.45) is 0 Å². The zero-order chi connectivity index (χ0) is 18.1. The first-order chi connectivity index (χ1) is 12.7. The molecule has 4 rings (SSSR count). The van der Waals surface area contributed by atoms with E-state index in [1.54, 1.807) is 24.4 Å². The number of aromatic nitrogens is 3. The molecule has 6 heteroatoms. The standard InChI is InChI=1S/C20H14N4OS/c1-13-15-11-18(19(25)16(12-21)17-9-5-6-10-22-17)26-20(15)24(23-13)14-7-3-2-4-8-14/h2-11,16H,1H3/t16-/m0/s1. The van der Waals surface area contributed by atoms with Gasteiger partial charge in [0, 0.05) is 11.6 Å². The second-order valence-corrected chi connectivity index (χ2v) is 6.87. The quantitative estimate of drug-likeness (QED) is 0.511. The number of nitriles is 1. The van der Waals surface area contributed by atoms with Crippen molar-refractivity contribution in [2.45, 2.75) is 12.8 Å². The number of fused-ring (bicyclic) bond motifs is 1. The molecule has 26 heavy (non-hydrogen) atoms. The number of carbonyl (C=O) groups excluding carboxylic acids is 1. The van der Waals surface area contributed by atoms with E-state index >= 15 is 0 Å². The maximum absolute atomic E-state index is 12.9. The van der Waals surface area contributed by atoms with Crippen molar-refractivity contribution >= 4 is 27.3 Å². The average Bonchev–Trinajstić information content (AvgIpc) is 3.25. The van der Waals surface area contributed by atoms with Gasteiger partial charge in [0.05, 0.1) is 28.0 Å². The van der Waals surface area contributed by atoms with E-state index in [0.717, 1.165) is 21.6 Å². The maximum Gasteiger partial charge on any atom is 0.196 e. The number of thiophene rings is 1. The number of nitrogens with zero attached hydrogens (tertiary/aromatic N) is 4. The maximum atomic E-state index is 12.9. The molecule has 0 saturated heterocycles. The molecule has 4 aromatic rings. The summed E-state index contributed by atoms with van der Waals surface area (Å²) in [4.78, 5) is 18.5. The van der Waals surface area contributed by atoms with Crippen molar-refractivity contribution in [3.05, 3.63) is 77.1 Å². The number of para-hydroxylation sites is 1. The van der Waals surface area contributed by atoms with Crippen molar-refractivity contribution in [1.29, 1.82) is 5.26 Å². The highest BCUT2D eigenvalue weighted by atomic mass is 32.1. The molecule has 0 saturated carbocycles. The number of hydrogen-bond acceptors (Lipinski definition) is 5. The average molecular weight is 358 g/mol. The molecule has 5 nitrogen and oxygen atoms in total. The zero-order valence-electron chi connectivity index (χ0n) is 14.0. The number of pyridine rings is 1. The molecule has 0 fully saturated rings. The highest BCUT2D eigenvalue weighted by Crippen LogP contribution is 2.33. The van der Waals surface area contributed by atoms with Crippen LogP contribution in [-0.4, -0.2) is 20.5 Å². The Kier molecular flexibility index (Phi) is 4.07. The number of aryl methyl sites for hydroxylation is 1. The van der Waals surface area contributed by atoms with E-state index < -0.39 is 5.92 Å². The first-order valence-corrected chi connectivity index (χ1v) is 8.90. The van der Waals surface area contributed by atoms with Crippen LogP contribution in [0.4, 0.5) is 0 Å². The molecule has 126 valence electrons. The topological polar surface area (TPSA) is 71.6 Å². The van der Waals surface area contributed by atoms with Crippen molar-refractivity contribution in [3.63, 3.8) is 0 Å². The molecule has 0 aliphatic heterocycles. The number of benzene rings is 1. The summed E-state index contributed by atoms with van der Waals surface area (Å²) in [5.74, 6) is -1.14. The van der Waals surface area contributed by atoms with Gasteiger partial charge >= 0.3 is 0 Å². The van der Waals surface area contributed by atoms with Crippen LogP contribution in [-0.2, 0) is 0 Å². The number of carbonyl (C=O) groups is 1. The summed E-state index contributed by atoms with van der Waals surface area (Å²) in [6.07, 6.45) is 1.59. The number of hydrogen-bond donors (Lipinski definition) is 0. The molecular formula is C20H14N4OS. The first kappa shape index (κ1) is 16.2. The lowest BCUT2D eigenvalue weighted by Crippen LogP contribution is -2.11. The van der Waals surface area contributed by atoms with Crippen molar-refractivity contribution in [1.82, 2.24) is 14.8 Å². The SMILES string of the molecule is Cc1nn(-c2ccccc2)c2sc(C(=O)[C@@H](C#N)c3ccccn3)cc12. The normalized spacial score (nSPS) is 12.0. The third kappa shape index (κ3) is 2.68. The molecule has 0 N–H and O–H groups in total. The van der Waals surface area contributed by atoms with E-state index in [-0.39, 0.29) is 5.78 Å². The predicted molar refractivity (Wildman–Crippen MR) is 101 cm³/mol. The number of ketones is 1. The van der Waals surface area contributed by atoms with E-state index in [1.807, 2.05) is 48.0 Å². The fraction of sp³-hybridized carbons (Fsp3) is 0.100. The molecule has 0 unspecified atom stereocenters. The van der Waals surface area contributed by atoms with Crippen LogP contribution in [0.3, 0.4) is 0 Å². The third-order valence-corrected chi connectivity index (χ3v) is 5.29. The van der Waals surface area contributed by atoms with Crippen LogP contribution >= 0.6 is 11.3 Å². The smallest absolute Gasteiger partial charge is 0.196 e. The van der Waals surface area contributed by atoms with Gasteiger partial charge < -0.3 is 0 Å². The van der Waals surface area contributed by atoms with E-state index in [4.69, 9.17) is 0 Å². The summed E-state index contributed by atoms with van der Waals surface area (Å²) in [6.45, 7) is 1.92. The van der Waals surface area contributed by atoms with Crippen LogP contribution in [0.15, 0.2) is 60.8 Å². The first-order valence-electron chi connectivity index (χ1n) is 8.08. The highest BCUT2D eigenvalue weighted by molar-refractivity contribution is 7.20. The lowest BCUT2D eigenvalue weighted by atomic mass is 10.00. The summed E-state index contributed by atoms with van der Waals surface area (Å²) >= 11 is 1.36. The molecular weight excluding hydrogens is 344 g/mol. The molecule has 0 spiro atoms. The summed E-state index contributed by atoms with van der Waals surface area (Å²) in [7, 11) is 0. The van der Waals surface area contributed by atoms with Gasteiger partial charge in [0.1, 0.15) is 4.83 Å². The molecule has 0 radical (unpaired) electrons. The van der Waals surface area contributed by atoms with E-state index in [9.17, 15) is 10.1 Å². The summed E-state index contributed by atoms with van der Waals surface area (Å²) < 4.78 is 1.84. The Hall–Kier alpha value is -3.30. The molecule has 0 amide bonds. The van der Waals surface area contributed by atoms with Crippen LogP contribution in [0.25, 0.3) is 15.9 Å². The Bertz CT molecular complexity index is 1120. The second kappa shape index (κ2) is 6.54. The van der Waals surface area contributed by atoms with Crippen LogP contribution in [0.5, 0.6) is 0 Å². The molecule has 3 aromatic heterocycles. The Balaban J connectivity index is 1.79. The van der Waals surface area contributed by atoms with Gasteiger partial charge in [-0.1, -0.05) is 24.3 Å². The van der Waals surface area contributed by atoms with E-state index in [0.29, 0.717) is 10.6 Å². The fourth-order valence-corrected chi connectivity index (χ4v) is 4.01. The van der Waals surface area contributed by atoms with Gasteiger partial charge in [-0.15, -0.1) is 11.3 Å². The lowest BCUT2D eigenvalue weighted by molar-refractivity contribution is 0.0981. The van der Waals surface area contributed by atoms with Crippen molar-refractivity contribution in [3.8, 4) is 11.8 Å². The molecule has 0 aliphatic rings. The summed E-state index contributed by atoms with van der Waals surface area (Å²) in [5.41, 5.74) is 2.26. The monoisotopic (exact) mass is 358 g/mol. The van der Waals surface area contributed by atoms with Gasteiger partial charge in [0.15, 0.2) is 11.7 Å². The van der Waals surface area contributed by atoms with Gasteiger partial charge in [0.2, 0.25) is 0 Å². The minimum absolute atomic E-state index is 0.230. The zero-order valence-corrected chi connectivity index (χ0v) is 14.8. The molecule has 0 aliphatic carbocycles. The largest absolute Gasteiger partial charge is 0.291 e. The van der Waals surface area contributed by atoms with Crippen molar-refractivity contribution < 1.29 is 4.79 Å². The fourth-order valence-electron chi connectivity index (χ4n) is 2.86. The third-order valence-electron chi connectivity index (χ3n) is 4.16. The molecule has 3 heterocycles. The number of Topliss-reactive ketones (excluding diaryl/α,β-unsaturated/α-hetero) is 1. The van der Waals surface area contributed by atoms with Crippen LogP contribution < -0.4 is 0 Å². The van der Waals surface area contributed by atoms with E-state index in [1.165, 1.54) is 11.3 Å². The molecule has 1 aromatic carbocycles. The van der Waals surface area contributed by atoms with Crippen LogP contribution in [0, 0.1) is 18.3 Å². The van der Waals surface area contributed by atoms with Gasteiger partial charge in [-0.2, -0.15) is 10.4 Å². The minimum Gasteiger partial charge on any atom is -0.291 e. The van der Waals surface area contributed by atoms with Gasteiger partial charge in [-0.25, -0.2) is 4.68 Å². The molecule has 0 bridgehead atoms. The van der Waals surface area contributed by atoms with Gasteiger partial charge in [-0.3, -0.25) is 9.78 Å². The Labute approximate surface area is 154 Å². The summed E-state index contributed by atoms with van der Waals surface area (Å²) in [6, 6.07) is 19.0. The molecule has 1 atom stereocenters. The highest BCUT2D eigenvalue weighted by Gasteiger charge is 2.26. The Morgan fingerprint density at radius 3 is 2.65 bits per heavy atom. The van der Waals surface area contributed by atoms with Gasteiger partial charge in [-0.05, 0) is 37.3 Å². The Morgan fingerprint density at radius 2 is 1.96 bits per heavy atom. The van der Waals surface area contributed by atoms with E-state index in [2.05, 4.69) is 16.2 Å². The minimum atomic E-state index is -0.905. The Morgan fingerprint density at radius 1 is 1.19 bits per heavy atom. The lowest BCUT2D eigenvalue weighted by Gasteiger charge is -2.05. The number of rotatable bonds is 4. The van der Waals surface area contributed by atoms with Crippen molar-refractivity contribution in [2.75, 3.05) is 0 Å². The predicted octanol–water partition coefficient (Wildman–Crippen LogP) is 4.28. The van der Waals surface area contributed by atoms with Crippen LogP contribution in [0.2, 0.25) is 0 Å². The summed E-state index contributed by atoms with van der Waals surface area (Å²) in [5, 5.41) is 15.0. The second-order valence-electron chi connectivity index (χ2n) is 5.84. The van der Waals surface area contributed by atoms with Crippen LogP contribution in [0.1, 0.15) is 27.0 Å². The van der Waals surface area contributed by atoms with Gasteiger partial charge in [0.25, 0.3) is 0 Å².